The molecule has 0 unspecified atom stereocenters. The third-order valence-electron chi connectivity index (χ3n) is 2.64. The van der Waals surface area contributed by atoms with Crippen LogP contribution in [0.4, 0.5) is 5.69 Å². The van der Waals surface area contributed by atoms with Gasteiger partial charge in [-0.15, -0.1) is 11.3 Å². The van der Waals surface area contributed by atoms with Gasteiger partial charge in [0, 0.05) is 11.0 Å². The van der Waals surface area contributed by atoms with E-state index in [1.54, 1.807) is 23.6 Å². The average Bonchev–Trinajstić information content (AvgIpc) is 2.84. The first-order chi connectivity index (χ1) is 8.94. The Morgan fingerprint density at radius 1 is 1.42 bits per heavy atom. The van der Waals surface area contributed by atoms with Crippen LogP contribution in [-0.4, -0.2) is 8.42 Å². The van der Waals surface area contributed by atoms with Crippen LogP contribution in [0.2, 0.25) is 0 Å². The minimum atomic E-state index is -3.55. The van der Waals surface area contributed by atoms with E-state index in [1.807, 2.05) is 13.0 Å². The first-order valence-electron chi connectivity index (χ1n) is 5.49. The number of rotatable bonds is 4. The van der Waals surface area contributed by atoms with Crippen LogP contribution in [0.5, 0.6) is 0 Å². The van der Waals surface area contributed by atoms with E-state index in [1.165, 1.54) is 11.3 Å². The summed E-state index contributed by atoms with van der Waals surface area (Å²) in [6, 6.07) is 6.98. The highest BCUT2D eigenvalue weighted by atomic mass is 79.9. The number of hydrogen-bond donors (Lipinski definition) is 2. The van der Waals surface area contributed by atoms with E-state index in [2.05, 4.69) is 20.7 Å². The SMILES string of the molecule is Cc1c(Br)cccc1NS(=O)(=O)c1cc(CN)cs1. The molecule has 3 N–H and O–H groups in total. The van der Waals surface area contributed by atoms with E-state index in [0.717, 1.165) is 15.6 Å². The van der Waals surface area contributed by atoms with Crippen molar-refractivity contribution < 1.29 is 8.42 Å². The van der Waals surface area contributed by atoms with Gasteiger partial charge in [-0.1, -0.05) is 22.0 Å². The number of nitrogens with one attached hydrogen (secondary N) is 1. The summed E-state index contributed by atoms with van der Waals surface area (Å²) in [5.41, 5.74) is 7.72. The molecule has 1 aromatic heterocycles. The molecule has 19 heavy (non-hydrogen) atoms. The fourth-order valence-electron chi connectivity index (χ4n) is 1.51. The van der Waals surface area contributed by atoms with Crippen LogP contribution in [-0.2, 0) is 16.6 Å². The molecule has 0 saturated carbocycles. The van der Waals surface area contributed by atoms with Crippen molar-refractivity contribution in [3.8, 4) is 0 Å². The van der Waals surface area contributed by atoms with Crippen molar-refractivity contribution in [3.63, 3.8) is 0 Å². The zero-order valence-electron chi connectivity index (χ0n) is 10.2. The number of benzene rings is 1. The lowest BCUT2D eigenvalue weighted by atomic mass is 10.2. The predicted molar refractivity (Wildman–Crippen MR) is 81.9 cm³/mol. The molecule has 1 heterocycles. The maximum atomic E-state index is 12.2. The fraction of sp³-hybridized carbons (Fsp3) is 0.167. The van der Waals surface area contributed by atoms with E-state index >= 15 is 0 Å². The van der Waals surface area contributed by atoms with Crippen LogP contribution < -0.4 is 10.5 Å². The minimum absolute atomic E-state index is 0.271. The summed E-state index contributed by atoms with van der Waals surface area (Å²) in [6.07, 6.45) is 0. The molecule has 0 saturated heterocycles. The fourth-order valence-corrected chi connectivity index (χ4v) is 4.23. The zero-order chi connectivity index (χ0) is 14.0. The summed E-state index contributed by atoms with van der Waals surface area (Å²) < 4.78 is 28.2. The maximum Gasteiger partial charge on any atom is 0.271 e. The second kappa shape index (κ2) is 5.62. The summed E-state index contributed by atoms with van der Waals surface area (Å²) in [7, 11) is -3.55. The molecule has 0 radical (unpaired) electrons. The Balaban J connectivity index is 2.33. The molecule has 4 nitrogen and oxygen atoms in total. The Bertz CT molecular complexity index is 696. The molecule has 0 spiro atoms. The van der Waals surface area contributed by atoms with Gasteiger partial charge in [0.1, 0.15) is 4.21 Å². The van der Waals surface area contributed by atoms with E-state index in [9.17, 15) is 8.42 Å². The van der Waals surface area contributed by atoms with Crippen molar-refractivity contribution in [2.24, 2.45) is 5.73 Å². The van der Waals surface area contributed by atoms with Gasteiger partial charge in [-0.2, -0.15) is 0 Å². The highest BCUT2D eigenvalue weighted by Gasteiger charge is 2.18. The highest BCUT2D eigenvalue weighted by Crippen LogP contribution is 2.27. The van der Waals surface area contributed by atoms with Crippen LogP contribution >= 0.6 is 27.3 Å². The lowest BCUT2D eigenvalue weighted by Gasteiger charge is -2.10. The van der Waals surface area contributed by atoms with Crippen molar-refractivity contribution in [3.05, 3.63) is 45.2 Å². The van der Waals surface area contributed by atoms with E-state index < -0.39 is 10.0 Å². The number of thiophene rings is 1. The normalized spacial score (nSPS) is 11.5. The van der Waals surface area contributed by atoms with Crippen LogP contribution in [0.1, 0.15) is 11.1 Å². The molecule has 7 heteroatoms. The molecule has 0 atom stereocenters. The Hall–Kier alpha value is -0.890. The number of halogens is 1. The number of sulfonamides is 1. The molecule has 0 bridgehead atoms. The van der Waals surface area contributed by atoms with E-state index in [4.69, 9.17) is 5.73 Å². The lowest BCUT2D eigenvalue weighted by Crippen LogP contribution is -2.12. The van der Waals surface area contributed by atoms with Crippen molar-refractivity contribution in [1.82, 2.24) is 0 Å². The number of anilines is 1. The van der Waals surface area contributed by atoms with Crippen LogP contribution in [0.15, 0.2) is 38.3 Å². The molecule has 0 amide bonds. The van der Waals surface area contributed by atoms with Crippen molar-refractivity contribution in [2.75, 3.05) is 4.72 Å². The summed E-state index contributed by atoms with van der Waals surface area (Å²) >= 11 is 4.54. The molecular weight excluding hydrogens is 348 g/mol. The second-order valence-corrected chi connectivity index (χ2v) is 7.67. The maximum absolute atomic E-state index is 12.2. The highest BCUT2D eigenvalue weighted by molar-refractivity contribution is 9.10. The topological polar surface area (TPSA) is 72.2 Å². The van der Waals surface area contributed by atoms with Crippen LogP contribution in [0.3, 0.4) is 0 Å². The summed E-state index contributed by atoms with van der Waals surface area (Å²) in [5, 5.41) is 1.75. The quantitative estimate of drug-likeness (QED) is 0.879. The molecule has 0 aliphatic rings. The summed E-state index contributed by atoms with van der Waals surface area (Å²) in [6.45, 7) is 2.18. The third kappa shape index (κ3) is 3.17. The monoisotopic (exact) mass is 360 g/mol. The number of hydrogen-bond acceptors (Lipinski definition) is 4. The Morgan fingerprint density at radius 2 is 2.16 bits per heavy atom. The molecule has 0 aliphatic carbocycles. The Labute approximate surface area is 124 Å². The Morgan fingerprint density at radius 3 is 2.79 bits per heavy atom. The van der Waals surface area contributed by atoms with Gasteiger partial charge < -0.3 is 5.73 Å². The third-order valence-corrected chi connectivity index (χ3v) is 6.36. The molecule has 1 aromatic carbocycles. The van der Waals surface area contributed by atoms with Crippen LogP contribution in [0.25, 0.3) is 0 Å². The van der Waals surface area contributed by atoms with Gasteiger partial charge in [-0.25, -0.2) is 8.42 Å². The Kier molecular flexibility index (Phi) is 4.29. The predicted octanol–water partition coefficient (Wildman–Crippen LogP) is 3.08. The van der Waals surface area contributed by atoms with Crippen molar-refractivity contribution in [1.29, 1.82) is 0 Å². The van der Waals surface area contributed by atoms with Crippen molar-refractivity contribution >= 4 is 43.0 Å². The van der Waals surface area contributed by atoms with Crippen molar-refractivity contribution in [2.45, 2.75) is 17.7 Å². The van der Waals surface area contributed by atoms with Crippen LogP contribution in [0, 0.1) is 6.92 Å². The molecule has 102 valence electrons. The van der Waals surface area contributed by atoms with Gasteiger partial charge in [0.15, 0.2) is 0 Å². The first kappa shape index (κ1) is 14.5. The molecule has 2 aromatic rings. The molecule has 2 rings (SSSR count). The molecular formula is C12H13BrN2O2S2. The summed E-state index contributed by atoms with van der Waals surface area (Å²) in [5.74, 6) is 0. The largest absolute Gasteiger partial charge is 0.326 e. The average molecular weight is 361 g/mol. The van der Waals surface area contributed by atoms with Gasteiger partial charge >= 0.3 is 0 Å². The molecule has 0 aliphatic heterocycles. The van der Waals surface area contributed by atoms with Gasteiger partial charge in [0.25, 0.3) is 10.0 Å². The number of nitrogens with two attached hydrogens (primary N) is 1. The van der Waals surface area contributed by atoms with Gasteiger partial charge in [0.05, 0.1) is 5.69 Å². The summed E-state index contributed by atoms with van der Waals surface area (Å²) in [4.78, 5) is 0. The van der Waals surface area contributed by atoms with Gasteiger partial charge in [-0.05, 0) is 41.6 Å². The molecule has 0 fully saturated rings. The van der Waals surface area contributed by atoms with Gasteiger partial charge in [0.2, 0.25) is 0 Å². The van der Waals surface area contributed by atoms with E-state index in [-0.39, 0.29) is 4.21 Å². The zero-order valence-corrected chi connectivity index (χ0v) is 13.4. The minimum Gasteiger partial charge on any atom is -0.326 e. The smallest absolute Gasteiger partial charge is 0.271 e. The standard InChI is InChI=1S/C12H13BrN2O2S2/c1-8-10(13)3-2-4-11(8)15-19(16,17)12-5-9(6-14)7-18-12/h2-5,7,15H,6,14H2,1H3. The second-order valence-electron chi connectivity index (χ2n) is 4.00. The first-order valence-corrected chi connectivity index (χ1v) is 8.65. The van der Waals surface area contributed by atoms with E-state index in [0.29, 0.717) is 12.2 Å². The van der Waals surface area contributed by atoms with Gasteiger partial charge in [-0.3, -0.25) is 4.72 Å². The lowest BCUT2D eigenvalue weighted by molar-refractivity contribution is 0.603.